The van der Waals surface area contributed by atoms with Crippen molar-refractivity contribution in [2.75, 3.05) is 6.54 Å². The molecule has 6 rings (SSSR count). The molecule has 6 aromatic rings. The van der Waals surface area contributed by atoms with Crippen LogP contribution >= 0.6 is 0 Å². The van der Waals surface area contributed by atoms with Gasteiger partial charge in [0.1, 0.15) is 17.2 Å². The van der Waals surface area contributed by atoms with Gasteiger partial charge in [-0.05, 0) is 35.7 Å². The molecule has 10 heteroatoms. The van der Waals surface area contributed by atoms with Crippen molar-refractivity contribution in [3.8, 4) is 11.1 Å². The Morgan fingerprint density at radius 2 is 1.70 bits per heavy atom. The Kier molecular flexibility index (Phi) is 7.25. The predicted molar refractivity (Wildman–Crippen MR) is 161 cm³/mol. The van der Waals surface area contributed by atoms with Gasteiger partial charge < -0.3 is 29.6 Å². The van der Waals surface area contributed by atoms with Crippen LogP contribution in [-0.2, 0) is 27.2 Å². The van der Waals surface area contributed by atoms with E-state index in [-0.39, 0.29) is 18.4 Å². The molecular weight excluding hydrogens is 550 g/mol. The van der Waals surface area contributed by atoms with E-state index >= 15 is 0 Å². The molecule has 10 nitrogen and oxygen atoms in total. The highest BCUT2D eigenvalue weighted by molar-refractivity contribution is 6.02. The Morgan fingerprint density at radius 3 is 2.49 bits per heavy atom. The molecule has 2 amide bonds. The van der Waals surface area contributed by atoms with Gasteiger partial charge in [0.2, 0.25) is 11.8 Å². The first-order valence-corrected chi connectivity index (χ1v) is 13.7. The molecule has 3 heterocycles. The Labute approximate surface area is 244 Å². The van der Waals surface area contributed by atoms with Gasteiger partial charge in [-0.15, -0.1) is 0 Å². The summed E-state index contributed by atoms with van der Waals surface area (Å²) in [6.07, 6.45) is 3.11. The first kappa shape index (κ1) is 27.5. The monoisotopic (exact) mass is 577 g/mol. The zero-order valence-electron chi connectivity index (χ0n) is 23.1. The average Bonchev–Trinajstić information content (AvgIpc) is 3.61. The molecule has 4 N–H and O–H groups in total. The molecule has 43 heavy (non-hydrogen) atoms. The van der Waals surface area contributed by atoms with Crippen LogP contribution < -0.4 is 16.3 Å². The molecule has 0 aliphatic rings. The Hall–Kier alpha value is -5.64. The molecule has 3 aromatic carbocycles. The van der Waals surface area contributed by atoms with Crippen molar-refractivity contribution >= 4 is 50.6 Å². The second kappa shape index (κ2) is 11.3. The van der Waals surface area contributed by atoms with Crippen LogP contribution in [0.2, 0.25) is 0 Å². The van der Waals surface area contributed by atoms with Crippen LogP contribution in [0.25, 0.3) is 44.0 Å². The van der Waals surface area contributed by atoms with Crippen LogP contribution in [0.3, 0.4) is 0 Å². The van der Waals surface area contributed by atoms with E-state index in [9.17, 15) is 24.3 Å². The molecule has 0 bridgehead atoms. The summed E-state index contributed by atoms with van der Waals surface area (Å²) in [7, 11) is 0. The van der Waals surface area contributed by atoms with Crippen LogP contribution in [0.1, 0.15) is 16.7 Å². The van der Waals surface area contributed by atoms with E-state index in [4.69, 9.17) is 8.83 Å². The lowest BCUT2D eigenvalue weighted by molar-refractivity contribution is -0.141. The number of carboxylic acids is 1. The van der Waals surface area contributed by atoms with E-state index in [1.165, 1.54) is 0 Å². The molecule has 0 fully saturated rings. The van der Waals surface area contributed by atoms with E-state index in [2.05, 4.69) is 15.6 Å². The van der Waals surface area contributed by atoms with Gasteiger partial charge >= 0.3 is 11.6 Å². The number of nitrogens with one attached hydrogen (secondary N) is 3. The Morgan fingerprint density at radius 1 is 0.930 bits per heavy atom. The number of carboxylic acid groups (broad SMARTS) is 1. The zero-order valence-corrected chi connectivity index (χ0v) is 23.1. The molecule has 0 aliphatic carbocycles. The van der Waals surface area contributed by atoms with Gasteiger partial charge in [0.25, 0.3) is 0 Å². The topological polar surface area (TPSA) is 155 Å². The van der Waals surface area contributed by atoms with E-state index in [1.807, 2.05) is 60.7 Å². The molecule has 1 atom stereocenters. The van der Waals surface area contributed by atoms with Crippen molar-refractivity contribution in [2.45, 2.75) is 25.8 Å². The molecule has 3 aromatic heterocycles. The lowest BCUT2D eigenvalue weighted by atomic mass is 9.99. The number of hydrogen-bond acceptors (Lipinski definition) is 6. The molecule has 0 aliphatic heterocycles. The normalized spacial score (nSPS) is 12.0. The van der Waals surface area contributed by atoms with E-state index in [0.29, 0.717) is 22.1 Å². The van der Waals surface area contributed by atoms with Crippen LogP contribution in [0.15, 0.2) is 92.8 Å². The van der Waals surface area contributed by atoms with Crippen molar-refractivity contribution in [1.82, 2.24) is 15.6 Å². The van der Waals surface area contributed by atoms with E-state index in [0.717, 1.165) is 33.0 Å². The highest BCUT2D eigenvalue weighted by Crippen LogP contribution is 2.34. The molecule has 216 valence electrons. The summed E-state index contributed by atoms with van der Waals surface area (Å²) in [5, 5.41) is 17.0. The first-order valence-electron chi connectivity index (χ1n) is 13.7. The lowest BCUT2D eigenvalue weighted by Crippen LogP contribution is -2.46. The summed E-state index contributed by atoms with van der Waals surface area (Å²) in [6.45, 7) is 1.29. The van der Waals surface area contributed by atoms with Gasteiger partial charge in [0, 0.05) is 45.9 Å². The van der Waals surface area contributed by atoms with Crippen LogP contribution in [0, 0.1) is 6.92 Å². The number of carbonyl (C=O) groups is 3. The number of para-hydroxylation sites is 1. The summed E-state index contributed by atoms with van der Waals surface area (Å²) in [6, 6.07) is 19.5. The van der Waals surface area contributed by atoms with Crippen LogP contribution in [0.5, 0.6) is 0 Å². The smallest absolute Gasteiger partial charge is 0.340 e. The minimum atomic E-state index is -1.20. The zero-order chi connectivity index (χ0) is 30.1. The number of hydrogen-bond donors (Lipinski definition) is 4. The van der Waals surface area contributed by atoms with Crippen molar-refractivity contribution in [1.29, 1.82) is 0 Å². The van der Waals surface area contributed by atoms with Gasteiger partial charge in [-0.3, -0.25) is 9.59 Å². The highest BCUT2D eigenvalue weighted by Gasteiger charge is 2.23. The Balaban J connectivity index is 1.15. The summed E-state index contributed by atoms with van der Waals surface area (Å²) in [5.74, 6) is -2.45. The van der Waals surface area contributed by atoms with Gasteiger partial charge in [-0.25, -0.2) is 9.59 Å². The highest BCUT2D eigenvalue weighted by atomic mass is 16.4. The number of carbonyl (C=O) groups excluding carboxylic acids is 2. The number of aliphatic carboxylic acids is 1. The fourth-order valence-corrected chi connectivity index (χ4v) is 5.32. The third kappa shape index (κ3) is 5.50. The third-order valence-corrected chi connectivity index (χ3v) is 7.58. The van der Waals surface area contributed by atoms with Crippen molar-refractivity contribution in [3.63, 3.8) is 0 Å². The van der Waals surface area contributed by atoms with Crippen molar-refractivity contribution in [3.05, 3.63) is 106 Å². The summed E-state index contributed by atoms with van der Waals surface area (Å²) >= 11 is 0. The molecule has 0 radical (unpaired) electrons. The van der Waals surface area contributed by atoms with Crippen LogP contribution in [-0.4, -0.2) is 40.5 Å². The fourth-order valence-electron chi connectivity index (χ4n) is 5.32. The number of amides is 2. The first-order chi connectivity index (χ1) is 20.8. The predicted octanol–water partition coefficient (Wildman–Crippen LogP) is 4.47. The summed E-state index contributed by atoms with van der Waals surface area (Å²) in [4.78, 5) is 53.1. The lowest BCUT2D eigenvalue weighted by Gasteiger charge is -2.15. The molecule has 0 saturated carbocycles. The second-order valence-corrected chi connectivity index (χ2v) is 10.3. The molecule has 0 saturated heterocycles. The number of aromatic nitrogens is 1. The van der Waals surface area contributed by atoms with E-state index in [1.54, 1.807) is 25.5 Å². The summed E-state index contributed by atoms with van der Waals surface area (Å²) in [5.41, 5.74) is 4.45. The van der Waals surface area contributed by atoms with Crippen molar-refractivity contribution < 1.29 is 28.3 Å². The number of H-pyrrole nitrogens is 1. The van der Waals surface area contributed by atoms with Gasteiger partial charge in [-0.2, -0.15) is 0 Å². The van der Waals surface area contributed by atoms with Gasteiger partial charge in [-0.1, -0.05) is 48.5 Å². The number of rotatable bonds is 9. The maximum Gasteiger partial charge on any atom is 0.340 e. The molecule has 0 spiro atoms. The minimum absolute atomic E-state index is 0.0618. The maximum absolute atomic E-state index is 12.8. The molecule has 0 unspecified atom stereocenters. The SMILES string of the molecule is Cc1c(CC(=O)NCC(=O)N[C@H](Cc2c[nH]c3ccccc23)C(=O)O)c(=O)oc2cc3occ(-c4ccccc4)c3cc12. The summed E-state index contributed by atoms with van der Waals surface area (Å²) < 4.78 is 11.3. The maximum atomic E-state index is 12.8. The van der Waals surface area contributed by atoms with Gasteiger partial charge in [0.05, 0.1) is 24.8 Å². The Bertz CT molecular complexity index is 2070. The standard InChI is InChI=1S/C33H27N3O7/c1-18-22-12-24-25(19-7-3-2-4-8-19)17-42-28(24)14-29(22)43-33(41)23(18)13-30(37)35-16-31(38)36-27(32(39)40)11-20-15-34-26-10-6-5-9-21(20)26/h2-10,12,14-15,17,27,34H,11,13,16H2,1H3,(H,35,37)(H,36,38)(H,39,40)/t27-/m1/s1. The number of aryl methyl sites for hydroxylation is 1. The minimum Gasteiger partial charge on any atom is -0.480 e. The average molecular weight is 578 g/mol. The van der Waals surface area contributed by atoms with Gasteiger partial charge in [0.15, 0.2) is 0 Å². The van der Waals surface area contributed by atoms with E-state index < -0.39 is 36.0 Å². The number of benzene rings is 3. The molecular formula is C33H27N3O7. The largest absolute Gasteiger partial charge is 0.480 e. The van der Waals surface area contributed by atoms with Crippen LogP contribution in [0.4, 0.5) is 0 Å². The second-order valence-electron chi connectivity index (χ2n) is 10.3. The number of aromatic amines is 1. The quantitative estimate of drug-likeness (QED) is 0.185. The number of fused-ring (bicyclic) bond motifs is 3. The number of furan rings is 1. The fraction of sp³-hybridized carbons (Fsp3) is 0.152. The van der Waals surface area contributed by atoms with Crippen molar-refractivity contribution in [2.24, 2.45) is 0 Å². The third-order valence-electron chi connectivity index (χ3n) is 7.58.